The van der Waals surface area contributed by atoms with Crippen molar-refractivity contribution in [2.45, 2.75) is 44.9 Å². The van der Waals surface area contributed by atoms with Crippen LogP contribution in [0, 0.1) is 0 Å². The molecule has 2 nitrogen and oxygen atoms in total. The zero-order valence-electron chi connectivity index (χ0n) is 10.7. The zero-order chi connectivity index (χ0) is 11.6. The fourth-order valence-electron chi connectivity index (χ4n) is 1.89. The Bertz CT molecular complexity index is 241. The van der Waals surface area contributed by atoms with Gasteiger partial charge in [-0.05, 0) is 45.6 Å². The van der Waals surface area contributed by atoms with Gasteiger partial charge in [-0.2, -0.15) is 0 Å². The summed E-state index contributed by atoms with van der Waals surface area (Å²) >= 11 is 0. The van der Waals surface area contributed by atoms with Gasteiger partial charge in [0, 0.05) is 6.42 Å². The van der Waals surface area contributed by atoms with Crippen LogP contribution >= 0.6 is 0 Å². The lowest BCUT2D eigenvalue weighted by atomic mass is 10.1. The fourth-order valence-corrected chi connectivity index (χ4v) is 1.89. The van der Waals surface area contributed by atoms with Crippen LogP contribution in [0.2, 0.25) is 0 Å². The van der Waals surface area contributed by atoms with Crippen LogP contribution in [0.15, 0.2) is 22.8 Å². The number of hydrogen-bond acceptors (Lipinski definition) is 2. The highest BCUT2D eigenvalue weighted by Crippen LogP contribution is 2.10. The lowest BCUT2D eigenvalue weighted by molar-refractivity contribution is 0.389. The van der Waals surface area contributed by atoms with Gasteiger partial charge in [0.05, 0.1) is 6.26 Å². The summed E-state index contributed by atoms with van der Waals surface area (Å²) in [6.07, 6.45) is 10.9. The Morgan fingerprint density at radius 1 is 1.00 bits per heavy atom. The SMILES string of the molecule is CN(C)CCCCCCCCc1ccco1. The normalized spacial score (nSPS) is 11.2. The van der Waals surface area contributed by atoms with E-state index in [-0.39, 0.29) is 0 Å². The first-order chi connectivity index (χ1) is 7.79. The van der Waals surface area contributed by atoms with Gasteiger partial charge in [0.15, 0.2) is 0 Å². The van der Waals surface area contributed by atoms with Crippen molar-refractivity contribution in [1.82, 2.24) is 4.90 Å². The highest BCUT2D eigenvalue weighted by atomic mass is 16.3. The molecule has 0 bridgehead atoms. The third-order valence-electron chi connectivity index (χ3n) is 2.86. The number of unbranched alkanes of at least 4 members (excludes halogenated alkanes) is 5. The first-order valence-corrected chi connectivity index (χ1v) is 6.46. The van der Waals surface area contributed by atoms with Crippen LogP contribution in [-0.4, -0.2) is 25.5 Å². The molecule has 0 aliphatic heterocycles. The van der Waals surface area contributed by atoms with Gasteiger partial charge < -0.3 is 9.32 Å². The maximum atomic E-state index is 5.30. The van der Waals surface area contributed by atoms with Crippen LogP contribution in [0.4, 0.5) is 0 Å². The largest absolute Gasteiger partial charge is 0.469 e. The molecular weight excluding hydrogens is 198 g/mol. The molecule has 1 heterocycles. The Labute approximate surface area is 99.6 Å². The molecule has 2 heteroatoms. The van der Waals surface area contributed by atoms with Crippen molar-refractivity contribution in [1.29, 1.82) is 0 Å². The second-order valence-corrected chi connectivity index (χ2v) is 4.75. The van der Waals surface area contributed by atoms with Crippen LogP contribution in [0.25, 0.3) is 0 Å². The number of hydrogen-bond donors (Lipinski definition) is 0. The zero-order valence-corrected chi connectivity index (χ0v) is 10.7. The summed E-state index contributed by atoms with van der Waals surface area (Å²) in [6, 6.07) is 4.04. The lowest BCUT2D eigenvalue weighted by Gasteiger charge is -2.08. The summed E-state index contributed by atoms with van der Waals surface area (Å²) in [4.78, 5) is 2.26. The molecule has 1 rings (SSSR count). The molecule has 0 aliphatic rings. The summed E-state index contributed by atoms with van der Waals surface area (Å²) in [5.74, 6) is 1.13. The molecular formula is C14H25NO. The average Bonchev–Trinajstić information content (AvgIpc) is 2.74. The van der Waals surface area contributed by atoms with Crippen LogP contribution in [0.3, 0.4) is 0 Å². The van der Waals surface area contributed by atoms with Crippen LogP contribution in [0.5, 0.6) is 0 Å². The third-order valence-corrected chi connectivity index (χ3v) is 2.86. The molecule has 1 aromatic rings. The minimum atomic E-state index is 1.10. The van der Waals surface area contributed by atoms with Gasteiger partial charge in [-0.25, -0.2) is 0 Å². The van der Waals surface area contributed by atoms with Crippen molar-refractivity contribution in [2.24, 2.45) is 0 Å². The molecule has 92 valence electrons. The van der Waals surface area contributed by atoms with E-state index >= 15 is 0 Å². The van der Waals surface area contributed by atoms with E-state index in [0.29, 0.717) is 0 Å². The molecule has 0 aromatic carbocycles. The van der Waals surface area contributed by atoms with E-state index in [1.165, 1.54) is 45.1 Å². The highest BCUT2D eigenvalue weighted by Gasteiger charge is 1.96. The maximum absolute atomic E-state index is 5.30. The van der Waals surface area contributed by atoms with E-state index in [0.717, 1.165) is 12.2 Å². The van der Waals surface area contributed by atoms with Crippen LogP contribution < -0.4 is 0 Å². The molecule has 0 unspecified atom stereocenters. The molecule has 0 spiro atoms. The van der Waals surface area contributed by atoms with E-state index in [1.54, 1.807) is 6.26 Å². The van der Waals surface area contributed by atoms with Crippen molar-refractivity contribution in [3.63, 3.8) is 0 Å². The van der Waals surface area contributed by atoms with Gasteiger partial charge >= 0.3 is 0 Å². The molecule has 0 atom stereocenters. The van der Waals surface area contributed by atoms with E-state index in [2.05, 4.69) is 25.1 Å². The maximum Gasteiger partial charge on any atom is 0.103 e. The van der Waals surface area contributed by atoms with Crippen molar-refractivity contribution in [3.05, 3.63) is 24.2 Å². The molecule has 0 N–H and O–H groups in total. The van der Waals surface area contributed by atoms with Gasteiger partial charge in [0.25, 0.3) is 0 Å². The average molecular weight is 223 g/mol. The molecule has 0 aliphatic carbocycles. The predicted molar refractivity (Wildman–Crippen MR) is 68.7 cm³/mol. The Morgan fingerprint density at radius 3 is 2.31 bits per heavy atom. The van der Waals surface area contributed by atoms with E-state index in [1.807, 2.05) is 6.07 Å². The summed E-state index contributed by atoms with van der Waals surface area (Å²) in [7, 11) is 4.28. The molecule has 0 fully saturated rings. The minimum Gasteiger partial charge on any atom is -0.469 e. The lowest BCUT2D eigenvalue weighted by Crippen LogP contribution is -2.12. The third kappa shape index (κ3) is 6.67. The van der Waals surface area contributed by atoms with E-state index in [9.17, 15) is 0 Å². The summed E-state index contributed by atoms with van der Waals surface area (Å²) in [5.41, 5.74) is 0. The van der Waals surface area contributed by atoms with Crippen molar-refractivity contribution in [2.75, 3.05) is 20.6 Å². The second-order valence-electron chi connectivity index (χ2n) is 4.75. The number of furan rings is 1. The summed E-state index contributed by atoms with van der Waals surface area (Å²) in [6.45, 7) is 1.23. The van der Waals surface area contributed by atoms with E-state index < -0.39 is 0 Å². The van der Waals surface area contributed by atoms with E-state index in [4.69, 9.17) is 4.42 Å². The van der Waals surface area contributed by atoms with Gasteiger partial charge in [-0.3, -0.25) is 0 Å². The summed E-state index contributed by atoms with van der Waals surface area (Å²) in [5, 5.41) is 0. The quantitative estimate of drug-likeness (QED) is 0.593. The number of rotatable bonds is 9. The van der Waals surface area contributed by atoms with Gasteiger partial charge in [-0.1, -0.05) is 25.7 Å². The standard InChI is InChI=1S/C14H25NO/c1-15(2)12-8-6-4-3-5-7-10-14-11-9-13-16-14/h9,11,13H,3-8,10,12H2,1-2H3. The molecule has 0 saturated heterocycles. The van der Waals surface area contributed by atoms with Crippen LogP contribution in [0.1, 0.15) is 44.3 Å². The summed E-state index contributed by atoms with van der Waals surface area (Å²) < 4.78 is 5.30. The Balaban J connectivity index is 1.82. The fraction of sp³-hybridized carbons (Fsp3) is 0.714. The Morgan fingerprint density at radius 2 is 1.69 bits per heavy atom. The topological polar surface area (TPSA) is 16.4 Å². The first kappa shape index (κ1) is 13.3. The second kappa shape index (κ2) is 8.40. The van der Waals surface area contributed by atoms with Crippen molar-refractivity contribution in [3.8, 4) is 0 Å². The predicted octanol–water partition coefficient (Wildman–Crippen LogP) is 3.72. The highest BCUT2D eigenvalue weighted by molar-refractivity contribution is 4.97. The minimum absolute atomic E-state index is 1.10. The number of aryl methyl sites for hydroxylation is 1. The van der Waals surface area contributed by atoms with Gasteiger partial charge in [0.2, 0.25) is 0 Å². The molecule has 16 heavy (non-hydrogen) atoms. The van der Waals surface area contributed by atoms with Gasteiger partial charge in [0.1, 0.15) is 5.76 Å². The first-order valence-electron chi connectivity index (χ1n) is 6.46. The van der Waals surface area contributed by atoms with Crippen LogP contribution in [-0.2, 0) is 6.42 Å². The van der Waals surface area contributed by atoms with Crippen molar-refractivity contribution < 1.29 is 4.42 Å². The molecule has 0 saturated carbocycles. The van der Waals surface area contributed by atoms with Gasteiger partial charge in [-0.15, -0.1) is 0 Å². The number of nitrogens with zero attached hydrogens (tertiary/aromatic N) is 1. The molecule has 1 aromatic heterocycles. The van der Waals surface area contributed by atoms with Crippen molar-refractivity contribution >= 4 is 0 Å². The Hall–Kier alpha value is -0.760. The molecule has 0 radical (unpaired) electrons. The smallest absolute Gasteiger partial charge is 0.103 e. The monoisotopic (exact) mass is 223 g/mol. The Kier molecular flexibility index (Phi) is 6.98. The molecule has 0 amide bonds.